The maximum atomic E-state index is 4.18. The van der Waals surface area contributed by atoms with E-state index >= 15 is 0 Å². The summed E-state index contributed by atoms with van der Waals surface area (Å²) in [4.78, 5) is 0. The van der Waals surface area contributed by atoms with Crippen LogP contribution in [-0.2, 0) is 0 Å². The molecule has 0 aliphatic heterocycles. The van der Waals surface area contributed by atoms with Crippen LogP contribution in [0.1, 0.15) is 72.6 Å². The first-order valence-electron chi connectivity index (χ1n) is 8.11. The largest absolute Gasteiger partial charge is 0.0998 e. The van der Waals surface area contributed by atoms with Crippen LogP contribution in [0, 0.1) is 5.92 Å². The van der Waals surface area contributed by atoms with Crippen molar-refractivity contribution >= 4 is 0 Å². The molecule has 0 spiro atoms. The molecule has 0 nitrogen and oxygen atoms in total. The Bertz CT molecular complexity index is 404. The molecular formula is C20H32. The van der Waals surface area contributed by atoms with Gasteiger partial charge in [-0.2, -0.15) is 0 Å². The van der Waals surface area contributed by atoms with Crippen molar-refractivity contribution in [3.05, 3.63) is 47.1 Å². The number of hydrogen-bond donors (Lipinski definition) is 0. The fourth-order valence-corrected chi connectivity index (χ4v) is 2.71. The summed E-state index contributed by atoms with van der Waals surface area (Å²) in [6.45, 7) is 13.2. The van der Waals surface area contributed by atoms with E-state index in [9.17, 15) is 0 Å². The van der Waals surface area contributed by atoms with Crippen molar-refractivity contribution in [1.29, 1.82) is 0 Å². The Labute approximate surface area is 126 Å². The second-order valence-electron chi connectivity index (χ2n) is 6.55. The first-order chi connectivity index (χ1) is 9.49. The Balaban J connectivity index is 2.77. The molecule has 112 valence electrons. The van der Waals surface area contributed by atoms with E-state index in [1.54, 1.807) is 11.1 Å². The minimum Gasteiger partial charge on any atom is -0.0998 e. The zero-order valence-corrected chi connectivity index (χ0v) is 14.0. The lowest BCUT2D eigenvalue weighted by Crippen LogP contribution is -2.01. The molecular weight excluding hydrogens is 240 g/mol. The highest BCUT2D eigenvalue weighted by molar-refractivity contribution is 5.09. The third kappa shape index (κ3) is 6.93. The summed E-state index contributed by atoms with van der Waals surface area (Å²) >= 11 is 0. The van der Waals surface area contributed by atoms with Gasteiger partial charge in [-0.05, 0) is 78.6 Å². The summed E-state index contributed by atoms with van der Waals surface area (Å²) in [7, 11) is 0. The topological polar surface area (TPSA) is 0 Å². The molecule has 0 unspecified atom stereocenters. The molecule has 0 heterocycles. The van der Waals surface area contributed by atoms with Crippen LogP contribution < -0.4 is 0 Å². The van der Waals surface area contributed by atoms with E-state index in [0.717, 1.165) is 6.42 Å². The van der Waals surface area contributed by atoms with Gasteiger partial charge in [0.1, 0.15) is 0 Å². The van der Waals surface area contributed by atoms with Gasteiger partial charge in [0.15, 0.2) is 0 Å². The van der Waals surface area contributed by atoms with Gasteiger partial charge < -0.3 is 0 Å². The normalized spacial score (nSPS) is 31.0. The van der Waals surface area contributed by atoms with Crippen LogP contribution in [0.25, 0.3) is 0 Å². The second kappa shape index (κ2) is 9.00. The Morgan fingerprint density at radius 2 is 1.40 bits per heavy atom. The van der Waals surface area contributed by atoms with Gasteiger partial charge in [-0.25, -0.2) is 0 Å². The Kier molecular flexibility index (Phi) is 7.65. The molecule has 0 radical (unpaired) electrons. The molecule has 0 aromatic carbocycles. The highest BCUT2D eigenvalue weighted by atomic mass is 14.1. The van der Waals surface area contributed by atoms with Crippen molar-refractivity contribution in [2.75, 3.05) is 0 Å². The van der Waals surface area contributed by atoms with E-state index in [4.69, 9.17) is 0 Å². The van der Waals surface area contributed by atoms with Gasteiger partial charge >= 0.3 is 0 Å². The highest BCUT2D eigenvalue weighted by Crippen LogP contribution is 2.24. The number of allylic oxidation sites excluding steroid dienone is 7. The molecule has 0 aromatic heterocycles. The van der Waals surface area contributed by atoms with Crippen LogP contribution in [-0.4, -0.2) is 0 Å². The Hall–Kier alpha value is -1.04. The van der Waals surface area contributed by atoms with Gasteiger partial charge in [0.25, 0.3) is 0 Å². The lowest BCUT2D eigenvalue weighted by Gasteiger charge is -2.16. The zero-order valence-electron chi connectivity index (χ0n) is 14.0. The molecule has 0 amide bonds. The van der Waals surface area contributed by atoms with E-state index in [1.165, 1.54) is 49.7 Å². The summed E-state index contributed by atoms with van der Waals surface area (Å²) in [5.41, 5.74) is 5.95. The van der Waals surface area contributed by atoms with Crippen molar-refractivity contribution in [2.45, 2.75) is 72.6 Å². The summed E-state index contributed by atoms with van der Waals surface area (Å²) in [6, 6.07) is 0. The fraction of sp³-hybridized carbons (Fsp3) is 0.600. The molecule has 0 fully saturated rings. The maximum Gasteiger partial charge on any atom is -0.0171 e. The molecule has 0 bridgehead atoms. The average molecular weight is 272 g/mol. The molecule has 20 heavy (non-hydrogen) atoms. The van der Waals surface area contributed by atoms with Crippen LogP contribution >= 0.6 is 0 Å². The van der Waals surface area contributed by atoms with Crippen molar-refractivity contribution in [3.63, 3.8) is 0 Å². The molecule has 1 aliphatic carbocycles. The Morgan fingerprint density at radius 1 is 0.900 bits per heavy atom. The summed E-state index contributed by atoms with van der Waals surface area (Å²) in [5, 5.41) is 0. The molecule has 1 rings (SSSR count). The quantitative estimate of drug-likeness (QED) is 0.462. The number of hydrogen-bond acceptors (Lipinski definition) is 0. The molecule has 1 atom stereocenters. The van der Waals surface area contributed by atoms with Gasteiger partial charge in [-0.15, -0.1) is 0 Å². The van der Waals surface area contributed by atoms with Crippen LogP contribution in [0.2, 0.25) is 0 Å². The third-order valence-electron chi connectivity index (χ3n) is 4.40. The van der Waals surface area contributed by atoms with E-state index < -0.39 is 0 Å². The fourth-order valence-electron chi connectivity index (χ4n) is 2.71. The van der Waals surface area contributed by atoms with Crippen molar-refractivity contribution in [2.24, 2.45) is 5.92 Å². The summed E-state index contributed by atoms with van der Waals surface area (Å²) in [6.07, 6.45) is 15.7. The lowest BCUT2D eigenvalue weighted by molar-refractivity contribution is 0.564. The maximum absolute atomic E-state index is 4.18. The van der Waals surface area contributed by atoms with Crippen LogP contribution in [0.5, 0.6) is 0 Å². The van der Waals surface area contributed by atoms with Gasteiger partial charge in [-0.3, -0.25) is 0 Å². The predicted molar refractivity (Wildman–Crippen MR) is 91.9 cm³/mol. The minimum atomic E-state index is 0.647. The first kappa shape index (κ1) is 17.0. The molecule has 0 saturated heterocycles. The molecule has 0 heteroatoms. The van der Waals surface area contributed by atoms with Gasteiger partial charge in [0, 0.05) is 0 Å². The van der Waals surface area contributed by atoms with Crippen LogP contribution in [0.4, 0.5) is 0 Å². The molecule has 0 aromatic rings. The van der Waals surface area contributed by atoms with E-state index in [-0.39, 0.29) is 0 Å². The van der Waals surface area contributed by atoms with Crippen molar-refractivity contribution in [1.82, 2.24) is 0 Å². The second-order valence-corrected chi connectivity index (χ2v) is 6.55. The Morgan fingerprint density at radius 3 is 1.95 bits per heavy atom. The molecule has 1 aliphatic rings. The van der Waals surface area contributed by atoms with Crippen LogP contribution in [0.15, 0.2) is 47.1 Å². The molecule has 0 saturated carbocycles. The van der Waals surface area contributed by atoms with Gasteiger partial charge in [0.2, 0.25) is 0 Å². The van der Waals surface area contributed by atoms with Crippen LogP contribution in [0.3, 0.4) is 0 Å². The van der Waals surface area contributed by atoms with Gasteiger partial charge in [-0.1, -0.05) is 47.1 Å². The smallest absolute Gasteiger partial charge is 0.0171 e. The predicted octanol–water partition coefficient (Wildman–Crippen LogP) is 6.76. The van der Waals surface area contributed by atoms with E-state index in [0.29, 0.717) is 5.92 Å². The lowest BCUT2D eigenvalue weighted by atomic mass is 9.89. The summed E-state index contributed by atoms with van der Waals surface area (Å²) < 4.78 is 0. The van der Waals surface area contributed by atoms with E-state index in [2.05, 4.69) is 52.5 Å². The standard InChI is InChI=1S/C20H32/c1-16(2)20-14-12-18(4)10-6-8-17(3)9-7-11-19(5)13-15-20/h8,11-12,20H,1,6-7,9-10,13-15H2,2-5H3/b17-8-,18-12+,19-11-/t20-/m1/s1. The summed E-state index contributed by atoms with van der Waals surface area (Å²) in [5.74, 6) is 0.647. The van der Waals surface area contributed by atoms with Gasteiger partial charge in [0.05, 0.1) is 0 Å². The zero-order chi connectivity index (χ0) is 15.0. The average Bonchev–Trinajstić information content (AvgIpc) is 2.37. The molecule has 0 N–H and O–H groups in total. The first-order valence-corrected chi connectivity index (χ1v) is 8.11. The number of rotatable bonds is 1. The highest BCUT2D eigenvalue weighted by Gasteiger charge is 2.08. The van der Waals surface area contributed by atoms with Crippen molar-refractivity contribution < 1.29 is 0 Å². The van der Waals surface area contributed by atoms with Crippen molar-refractivity contribution in [3.8, 4) is 0 Å². The minimum absolute atomic E-state index is 0.647. The monoisotopic (exact) mass is 272 g/mol. The SMILES string of the molecule is C=C(C)[C@@H]1C/C=C(\C)CC/C=C(/C)CC/C=C(/C)CC1. The third-order valence-corrected chi connectivity index (χ3v) is 4.40. The van der Waals surface area contributed by atoms with E-state index in [1.807, 2.05) is 0 Å².